The topological polar surface area (TPSA) is 38.0 Å². The molecule has 0 radical (unpaired) electrons. The second-order valence-corrected chi connectivity index (χ2v) is 3.74. The van der Waals surface area contributed by atoms with Crippen LogP contribution in [0.1, 0.15) is 19.3 Å². The Morgan fingerprint density at radius 1 is 1.20 bits per heavy atom. The van der Waals surface area contributed by atoms with Crippen LogP contribution in [0.15, 0.2) is 0 Å². The average Bonchev–Trinajstić information content (AvgIpc) is 2.27. The van der Waals surface area contributed by atoms with Crippen LogP contribution in [0.3, 0.4) is 0 Å². The van der Waals surface area contributed by atoms with E-state index in [0.717, 1.165) is 11.8 Å². The van der Waals surface area contributed by atoms with Crippen molar-refractivity contribution in [1.29, 1.82) is 0 Å². The quantitative estimate of drug-likeness (QED) is 0.509. The molecule has 0 aromatic rings. The van der Waals surface area contributed by atoms with Crippen molar-refractivity contribution in [2.75, 3.05) is 13.1 Å². The first-order valence-electron chi connectivity index (χ1n) is 4.32. The van der Waals surface area contributed by atoms with Gasteiger partial charge in [-0.25, -0.2) is 0 Å². The minimum atomic E-state index is 0.509. The van der Waals surface area contributed by atoms with Crippen LogP contribution in [0.4, 0.5) is 0 Å². The lowest BCUT2D eigenvalue weighted by atomic mass is 9.90. The third kappa shape index (κ3) is 1.06. The van der Waals surface area contributed by atoms with Crippen LogP contribution in [0.5, 0.6) is 0 Å². The van der Waals surface area contributed by atoms with E-state index >= 15 is 0 Å². The minimum absolute atomic E-state index is 0.509. The second-order valence-electron chi connectivity index (χ2n) is 3.74. The maximum atomic E-state index is 5.87. The minimum Gasteiger partial charge on any atom is -0.328 e. The molecule has 10 heavy (non-hydrogen) atoms. The van der Waals surface area contributed by atoms with Crippen LogP contribution < -0.4 is 11.1 Å². The third-order valence-electron chi connectivity index (χ3n) is 2.98. The highest BCUT2D eigenvalue weighted by Crippen LogP contribution is 2.34. The van der Waals surface area contributed by atoms with Gasteiger partial charge in [-0.1, -0.05) is 0 Å². The van der Waals surface area contributed by atoms with Crippen molar-refractivity contribution < 1.29 is 0 Å². The van der Waals surface area contributed by atoms with Crippen LogP contribution in [-0.2, 0) is 0 Å². The Morgan fingerprint density at radius 3 is 2.80 bits per heavy atom. The van der Waals surface area contributed by atoms with Gasteiger partial charge in [-0.3, -0.25) is 0 Å². The molecule has 0 spiro atoms. The fraction of sp³-hybridized carbons (Fsp3) is 1.00. The molecule has 1 heterocycles. The van der Waals surface area contributed by atoms with Crippen molar-refractivity contribution in [1.82, 2.24) is 5.32 Å². The fourth-order valence-corrected chi connectivity index (χ4v) is 2.44. The summed E-state index contributed by atoms with van der Waals surface area (Å²) < 4.78 is 0. The number of nitrogens with one attached hydrogen (secondary N) is 1. The molecule has 3 N–H and O–H groups in total. The van der Waals surface area contributed by atoms with Crippen molar-refractivity contribution in [3.05, 3.63) is 0 Å². The van der Waals surface area contributed by atoms with E-state index in [1.807, 2.05) is 0 Å². The van der Waals surface area contributed by atoms with Gasteiger partial charge in [0.05, 0.1) is 0 Å². The zero-order valence-corrected chi connectivity index (χ0v) is 6.34. The first kappa shape index (κ1) is 6.62. The zero-order valence-electron chi connectivity index (χ0n) is 6.34. The maximum Gasteiger partial charge on any atom is 0.00448 e. The average molecular weight is 140 g/mol. The summed E-state index contributed by atoms with van der Waals surface area (Å²) in [7, 11) is 0. The standard InChI is InChI=1S/C8H16N2/c9-8-3-6-1-2-10-5-7(6)4-8/h6-8,10H,1-5,9H2/t6?,7?,8-/m0/s1. The van der Waals surface area contributed by atoms with E-state index in [9.17, 15) is 0 Å². The molecule has 1 aliphatic heterocycles. The highest BCUT2D eigenvalue weighted by atomic mass is 14.9. The Labute approximate surface area is 62.2 Å². The van der Waals surface area contributed by atoms with Gasteiger partial charge in [-0.05, 0) is 44.2 Å². The molecule has 1 aliphatic carbocycles. The largest absolute Gasteiger partial charge is 0.328 e. The van der Waals surface area contributed by atoms with Gasteiger partial charge < -0.3 is 11.1 Å². The van der Waals surface area contributed by atoms with Gasteiger partial charge in [0.25, 0.3) is 0 Å². The van der Waals surface area contributed by atoms with E-state index in [-0.39, 0.29) is 0 Å². The molecular weight excluding hydrogens is 124 g/mol. The lowest BCUT2D eigenvalue weighted by molar-refractivity contribution is 0.295. The summed E-state index contributed by atoms with van der Waals surface area (Å²) in [6.45, 7) is 2.44. The predicted molar refractivity (Wildman–Crippen MR) is 41.7 cm³/mol. The second kappa shape index (κ2) is 2.51. The van der Waals surface area contributed by atoms with Crippen molar-refractivity contribution in [2.45, 2.75) is 25.3 Å². The number of rotatable bonds is 0. The van der Waals surface area contributed by atoms with Gasteiger partial charge in [0, 0.05) is 6.04 Å². The monoisotopic (exact) mass is 140 g/mol. The lowest BCUT2D eigenvalue weighted by Crippen LogP contribution is -2.33. The van der Waals surface area contributed by atoms with E-state index in [2.05, 4.69) is 5.32 Å². The number of fused-ring (bicyclic) bond motifs is 1. The molecule has 0 bridgehead atoms. The molecule has 2 heteroatoms. The normalized spacial score (nSPS) is 47.1. The summed E-state index contributed by atoms with van der Waals surface area (Å²) in [5, 5.41) is 3.42. The zero-order chi connectivity index (χ0) is 6.97. The van der Waals surface area contributed by atoms with Crippen molar-refractivity contribution in [2.24, 2.45) is 17.6 Å². The summed E-state index contributed by atoms with van der Waals surface area (Å²) in [6, 6.07) is 0.509. The number of piperidine rings is 1. The molecule has 1 saturated heterocycles. The van der Waals surface area contributed by atoms with Crippen molar-refractivity contribution in [3.63, 3.8) is 0 Å². The molecule has 2 unspecified atom stereocenters. The van der Waals surface area contributed by atoms with E-state index in [1.54, 1.807) is 0 Å². The van der Waals surface area contributed by atoms with E-state index in [1.165, 1.54) is 32.4 Å². The molecule has 2 nitrogen and oxygen atoms in total. The molecule has 2 rings (SSSR count). The van der Waals surface area contributed by atoms with E-state index in [0.29, 0.717) is 6.04 Å². The molecule has 0 amide bonds. The van der Waals surface area contributed by atoms with Gasteiger partial charge in [0.15, 0.2) is 0 Å². The highest BCUT2D eigenvalue weighted by molar-refractivity contribution is 4.89. The molecule has 2 fully saturated rings. The van der Waals surface area contributed by atoms with Crippen LogP contribution >= 0.6 is 0 Å². The molecule has 2 aliphatic rings. The van der Waals surface area contributed by atoms with Gasteiger partial charge in [-0.2, -0.15) is 0 Å². The predicted octanol–water partition coefficient (Wildman–Crippen LogP) is 0.333. The SMILES string of the molecule is N[C@H]1CC2CCNCC2C1. The highest BCUT2D eigenvalue weighted by Gasteiger charge is 2.33. The smallest absolute Gasteiger partial charge is 0.00448 e. The molecule has 0 aromatic carbocycles. The molecule has 58 valence electrons. The van der Waals surface area contributed by atoms with Crippen LogP contribution in [-0.4, -0.2) is 19.1 Å². The van der Waals surface area contributed by atoms with Crippen molar-refractivity contribution >= 4 is 0 Å². The lowest BCUT2D eigenvalue weighted by Gasteiger charge is -2.25. The Hall–Kier alpha value is -0.0800. The first-order valence-corrected chi connectivity index (χ1v) is 4.32. The molecular formula is C8H16N2. The molecule has 1 saturated carbocycles. The van der Waals surface area contributed by atoms with E-state index in [4.69, 9.17) is 5.73 Å². The Kier molecular flexibility index (Phi) is 1.66. The van der Waals surface area contributed by atoms with Crippen LogP contribution in [0.2, 0.25) is 0 Å². The van der Waals surface area contributed by atoms with Crippen LogP contribution in [0.25, 0.3) is 0 Å². The maximum absolute atomic E-state index is 5.87. The van der Waals surface area contributed by atoms with Crippen LogP contribution in [0, 0.1) is 11.8 Å². The summed E-state index contributed by atoms with van der Waals surface area (Å²) in [5.74, 6) is 1.86. The Balaban J connectivity index is 1.97. The summed E-state index contributed by atoms with van der Waals surface area (Å²) in [6.07, 6.45) is 3.91. The van der Waals surface area contributed by atoms with Crippen molar-refractivity contribution in [3.8, 4) is 0 Å². The first-order chi connectivity index (χ1) is 4.86. The molecule has 0 aromatic heterocycles. The number of hydrogen-bond acceptors (Lipinski definition) is 2. The van der Waals surface area contributed by atoms with Gasteiger partial charge >= 0.3 is 0 Å². The Bertz CT molecular complexity index is 110. The molecule has 3 atom stereocenters. The van der Waals surface area contributed by atoms with E-state index < -0.39 is 0 Å². The Morgan fingerprint density at radius 2 is 2.00 bits per heavy atom. The van der Waals surface area contributed by atoms with Gasteiger partial charge in [-0.15, -0.1) is 0 Å². The fourth-order valence-electron chi connectivity index (χ4n) is 2.44. The van der Waals surface area contributed by atoms with Gasteiger partial charge in [0.2, 0.25) is 0 Å². The number of hydrogen-bond donors (Lipinski definition) is 2. The van der Waals surface area contributed by atoms with Gasteiger partial charge in [0.1, 0.15) is 0 Å². The number of nitrogens with two attached hydrogens (primary N) is 1. The summed E-state index contributed by atoms with van der Waals surface area (Å²) in [4.78, 5) is 0. The summed E-state index contributed by atoms with van der Waals surface area (Å²) in [5.41, 5.74) is 5.87. The summed E-state index contributed by atoms with van der Waals surface area (Å²) >= 11 is 0. The third-order valence-corrected chi connectivity index (χ3v) is 2.98.